The third kappa shape index (κ3) is 3.76. The van der Waals surface area contributed by atoms with Crippen LogP contribution in [0.5, 0.6) is 0 Å². The first-order chi connectivity index (χ1) is 11.8. The maximum atomic E-state index is 2.31. The first-order valence-electron chi connectivity index (χ1n) is 8.17. The lowest BCUT2D eigenvalue weighted by atomic mass is 10.0. The van der Waals surface area contributed by atoms with Gasteiger partial charge in [-0.05, 0) is 29.3 Å². The molecule has 2 aliphatic rings. The van der Waals surface area contributed by atoms with Gasteiger partial charge in [-0.25, -0.2) is 9.13 Å². The molecule has 0 spiro atoms. The molecule has 2 aromatic heterocycles. The maximum Gasteiger partial charge on any atom is 0.212 e. The van der Waals surface area contributed by atoms with Crippen molar-refractivity contribution >= 4 is 0 Å². The van der Waals surface area contributed by atoms with Crippen LogP contribution in [0.1, 0.15) is 0 Å². The minimum absolute atomic E-state index is 0. The van der Waals surface area contributed by atoms with Gasteiger partial charge in [0.1, 0.15) is 14.1 Å². The van der Waals surface area contributed by atoms with Crippen LogP contribution in [-0.2, 0) is 14.1 Å². The highest BCUT2D eigenvalue weighted by Gasteiger charge is 2.24. The Morgan fingerprint density at radius 2 is 0.923 bits per heavy atom. The minimum Gasteiger partial charge on any atom is -1.00 e. The van der Waals surface area contributed by atoms with Gasteiger partial charge < -0.3 is 48.0 Å². The lowest BCUT2D eigenvalue weighted by Crippen LogP contribution is -3.00. The van der Waals surface area contributed by atoms with E-state index in [4.69, 9.17) is 0 Å². The van der Waals surface area contributed by atoms with Crippen LogP contribution in [0.25, 0.3) is 33.6 Å². The van der Waals surface area contributed by atoms with Gasteiger partial charge in [-0.15, -0.1) is 0 Å². The standard InChI is InChI=1S/C22H20N2.2HI/c1-23-14-8-6-12-21(23)19-16-20(22-13-7-9-15-24(22)2)18-11-5-3-4-10-17(18)19;;/h3-16H,1-2H3;2*1H/q+2;;/p-2. The van der Waals surface area contributed by atoms with E-state index in [1.807, 2.05) is 0 Å². The molecular weight excluding hydrogens is 546 g/mol. The second-order valence-electron chi connectivity index (χ2n) is 6.10. The fourth-order valence-corrected chi connectivity index (χ4v) is 3.35. The summed E-state index contributed by atoms with van der Waals surface area (Å²) in [6.45, 7) is 0. The van der Waals surface area contributed by atoms with Crippen LogP contribution < -0.4 is 57.1 Å². The molecule has 0 amide bonds. The van der Waals surface area contributed by atoms with Gasteiger partial charge in [-0.3, -0.25) is 0 Å². The molecule has 0 radical (unpaired) electrons. The van der Waals surface area contributed by atoms with Crippen LogP contribution in [0.15, 0.2) is 85.2 Å². The van der Waals surface area contributed by atoms with Crippen molar-refractivity contribution in [3.63, 3.8) is 0 Å². The van der Waals surface area contributed by atoms with Gasteiger partial charge in [0, 0.05) is 24.3 Å². The van der Waals surface area contributed by atoms with Gasteiger partial charge in [-0.2, -0.15) is 0 Å². The number of halogens is 2. The van der Waals surface area contributed by atoms with Gasteiger partial charge in [0.05, 0.1) is 11.1 Å². The average molecular weight is 566 g/mol. The number of aryl methyl sites for hydroxylation is 2. The van der Waals surface area contributed by atoms with Crippen LogP contribution >= 0.6 is 0 Å². The Labute approximate surface area is 188 Å². The highest BCUT2D eigenvalue weighted by molar-refractivity contribution is 5.95. The molecule has 26 heavy (non-hydrogen) atoms. The maximum absolute atomic E-state index is 2.31. The van der Waals surface area contributed by atoms with Crippen LogP contribution in [0, 0.1) is 0 Å². The molecule has 2 aliphatic carbocycles. The summed E-state index contributed by atoms with van der Waals surface area (Å²) in [7, 11) is 4.19. The highest BCUT2D eigenvalue weighted by Crippen LogP contribution is 2.41. The molecule has 132 valence electrons. The molecule has 0 saturated heterocycles. The van der Waals surface area contributed by atoms with E-state index in [9.17, 15) is 0 Å². The van der Waals surface area contributed by atoms with E-state index in [0.29, 0.717) is 0 Å². The highest BCUT2D eigenvalue weighted by atomic mass is 127. The van der Waals surface area contributed by atoms with Crippen molar-refractivity contribution in [1.82, 2.24) is 0 Å². The summed E-state index contributed by atoms with van der Waals surface area (Å²) in [4.78, 5) is 0. The molecule has 0 atom stereocenters. The second-order valence-corrected chi connectivity index (χ2v) is 6.10. The average Bonchev–Trinajstić information content (AvgIpc) is 2.78. The third-order valence-corrected chi connectivity index (χ3v) is 4.57. The second kappa shape index (κ2) is 8.90. The van der Waals surface area contributed by atoms with Gasteiger partial charge in [0.25, 0.3) is 0 Å². The predicted octanol–water partition coefficient (Wildman–Crippen LogP) is -2.22. The Morgan fingerprint density at radius 3 is 1.35 bits per heavy atom. The van der Waals surface area contributed by atoms with Gasteiger partial charge >= 0.3 is 0 Å². The zero-order valence-electron chi connectivity index (χ0n) is 14.7. The molecule has 2 nitrogen and oxygen atoms in total. The zero-order chi connectivity index (χ0) is 16.5. The SMILES string of the molecule is C[n+]1ccccc1-c1cc(-c2cccc[n+]2C)c2cccccc1-2.[I-].[I-]. The molecule has 0 aromatic carbocycles. The van der Waals surface area contributed by atoms with E-state index < -0.39 is 0 Å². The number of fused-ring (bicyclic) bond motifs is 1. The van der Waals surface area contributed by atoms with Crippen LogP contribution in [-0.4, -0.2) is 0 Å². The van der Waals surface area contributed by atoms with Gasteiger partial charge in [0.2, 0.25) is 11.4 Å². The van der Waals surface area contributed by atoms with E-state index in [-0.39, 0.29) is 48.0 Å². The monoisotopic (exact) mass is 566 g/mol. The molecule has 0 bridgehead atoms. The first-order valence-corrected chi connectivity index (χ1v) is 8.17. The smallest absolute Gasteiger partial charge is 0.212 e. The zero-order valence-corrected chi connectivity index (χ0v) is 19.0. The lowest BCUT2D eigenvalue weighted by Gasteiger charge is -2.01. The van der Waals surface area contributed by atoms with Crippen molar-refractivity contribution < 1.29 is 57.1 Å². The van der Waals surface area contributed by atoms with E-state index in [0.717, 1.165) is 0 Å². The Hall–Kier alpha value is -1.54. The van der Waals surface area contributed by atoms with E-state index in [1.165, 1.54) is 33.6 Å². The molecular formula is C22H20I2N2. The molecule has 2 aromatic rings. The topological polar surface area (TPSA) is 7.76 Å². The van der Waals surface area contributed by atoms with Crippen LogP contribution in [0.3, 0.4) is 0 Å². The van der Waals surface area contributed by atoms with Crippen molar-refractivity contribution in [2.75, 3.05) is 0 Å². The van der Waals surface area contributed by atoms with Crippen molar-refractivity contribution in [3.05, 3.63) is 85.2 Å². The Balaban J connectivity index is 0.00000121. The molecule has 0 saturated carbocycles. The first kappa shape index (κ1) is 20.8. The summed E-state index contributed by atoms with van der Waals surface area (Å²) in [5.41, 5.74) is 7.53. The van der Waals surface area contributed by atoms with Crippen molar-refractivity contribution in [2.24, 2.45) is 14.1 Å². The third-order valence-electron chi connectivity index (χ3n) is 4.57. The van der Waals surface area contributed by atoms with Crippen LogP contribution in [0.4, 0.5) is 0 Å². The van der Waals surface area contributed by atoms with Crippen molar-refractivity contribution in [1.29, 1.82) is 0 Å². The summed E-state index contributed by atoms with van der Waals surface area (Å²) >= 11 is 0. The largest absolute Gasteiger partial charge is 1.00 e. The van der Waals surface area contributed by atoms with Gasteiger partial charge in [0.15, 0.2) is 12.4 Å². The fraction of sp³-hybridized carbons (Fsp3) is 0.0909. The van der Waals surface area contributed by atoms with E-state index in [2.05, 4.69) is 108 Å². The quantitative estimate of drug-likeness (QED) is 0.192. The number of pyridine rings is 2. The normalized spacial score (nSPS) is 10.1. The summed E-state index contributed by atoms with van der Waals surface area (Å²) < 4.78 is 4.35. The van der Waals surface area contributed by atoms with Crippen molar-refractivity contribution in [3.8, 4) is 33.6 Å². The number of aromatic nitrogens is 2. The minimum atomic E-state index is 0. The van der Waals surface area contributed by atoms with Crippen LogP contribution in [0.2, 0.25) is 0 Å². The summed E-state index contributed by atoms with van der Waals surface area (Å²) in [5, 5.41) is 0. The molecule has 2 heterocycles. The van der Waals surface area contributed by atoms with Crippen molar-refractivity contribution in [2.45, 2.75) is 0 Å². The Kier molecular flexibility index (Phi) is 7.11. The predicted molar refractivity (Wildman–Crippen MR) is 96.3 cm³/mol. The molecule has 0 fully saturated rings. The molecule has 4 heteroatoms. The van der Waals surface area contributed by atoms with Gasteiger partial charge in [-0.1, -0.05) is 30.3 Å². The number of hydrogen-bond acceptors (Lipinski definition) is 0. The fourth-order valence-electron chi connectivity index (χ4n) is 3.35. The number of nitrogens with zero attached hydrogens (tertiary/aromatic N) is 2. The lowest BCUT2D eigenvalue weighted by molar-refractivity contribution is -0.660. The number of hydrogen-bond donors (Lipinski definition) is 0. The molecule has 0 aliphatic heterocycles. The number of rotatable bonds is 2. The summed E-state index contributed by atoms with van der Waals surface area (Å²) in [5.74, 6) is 0. The summed E-state index contributed by atoms with van der Waals surface area (Å²) in [6.07, 6.45) is 4.19. The molecule has 0 N–H and O–H groups in total. The Bertz CT molecular complexity index is 921. The molecule has 4 rings (SSSR count). The van der Waals surface area contributed by atoms with E-state index in [1.54, 1.807) is 0 Å². The van der Waals surface area contributed by atoms with E-state index >= 15 is 0 Å². The Morgan fingerprint density at radius 1 is 0.500 bits per heavy atom. The molecule has 0 unspecified atom stereocenters. The summed E-state index contributed by atoms with van der Waals surface area (Å²) in [6, 6.07) is 25.7.